The summed E-state index contributed by atoms with van der Waals surface area (Å²) in [7, 11) is 1.31. The molecule has 0 saturated carbocycles. The fourth-order valence-corrected chi connectivity index (χ4v) is 2.62. The Morgan fingerprint density at radius 3 is 2.21 bits per heavy atom. The van der Waals surface area contributed by atoms with Crippen molar-refractivity contribution in [3.63, 3.8) is 0 Å². The molecule has 0 unspecified atom stereocenters. The number of aromatic nitrogens is 3. The van der Waals surface area contributed by atoms with Crippen molar-refractivity contribution in [1.29, 1.82) is 5.41 Å². The number of nitrogens with one attached hydrogen (secondary N) is 1. The number of esters is 1. The third kappa shape index (κ3) is 4.47. The zero-order chi connectivity index (χ0) is 19.4. The second kappa shape index (κ2) is 9.01. The fraction of sp³-hybridized carbons (Fsp3) is 0.158. The zero-order valence-electron chi connectivity index (χ0n) is 15.2. The van der Waals surface area contributed by atoms with Gasteiger partial charge in [-0.15, -0.1) is 12.4 Å². The Labute approximate surface area is 167 Å². The normalized spacial score (nSPS) is 10.2. The van der Waals surface area contributed by atoms with Crippen LogP contribution in [0.5, 0.6) is 0 Å². The Balaban J connectivity index is 0.00000280. The summed E-state index contributed by atoms with van der Waals surface area (Å²) in [4.78, 5) is 23.6. The van der Waals surface area contributed by atoms with Crippen LogP contribution >= 0.6 is 12.4 Å². The molecule has 28 heavy (non-hydrogen) atoms. The van der Waals surface area contributed by atoms with E-state index in [-0.39, 0.29) is 42.9 Å². The molecule has 3 aromatic rings. The summed E-state index contributed by atoms with van der Waals surface area (Å²) in [5.74, 6) is -0.353. The number of methoxy groups -OCH3 is 1. The van der Waals surface area contributed by atoms with E-state index < -0.39 is 0 Å². The molecular weight excluding hydrogens is 382 g/mol. The zero-order valence-corrected chi connectivity index (χ0v) is 16.0. The van der Waals surface area contributed by atoms with Gasteiger partial charge in [0.15, 0.2) is 0 Å². The molecule has 0 spiro atoms. The molecule has 0 bridgehead atoms. The number of aryl methyl sites for hydroxylation is 1. The SMILES string of the molecule is COC(=O)CCn1cnn(-c2ccc(-c3ccc(C(=N)N)cc3)cc2)c1=O.Cl. The highest BCUT2D eigenvalue weighted by Gasteiger charge is 2.09. The predicted molar refractivity (Wildman–Crippen MR) is 108 cm³/mol. The Hall–Kier alpha value is -3.39. The number of nitrogen functional groups attached to an aromatic ring is 1. The second-order valence-corrected chi connectivity index (χ2v) is 5.88. The summed E-state index contributed by atoms with van der Waals surface area (Å²) < 4.78 is 7.22. The first-order valence-electron chi connectivity index (χ1n) is 8.26. The summed E-state index contributed by atoms with van der Waals surface area (Å²) in [6.45, 7) is 0.214. The quantitative estimate of drug-likeness (QED) is 0.372. The molecule has 8 nitrogen and oxygen atoms in total. The van der Waals surface area contributed by atoms with Crippen LogP contribution in [0.15, 0.2) is 59.7 Å². The molecule has 0 amide bonds. The number of benzene rings is 2. The highest BCUT2D eigenvalue weighted by molar-refractivity contribution is 5.95. The van der Waals surface area contributed by atoms with E-state index in [2.05, 4.69) is 9.84 Å². The second-order valence-electron chi connectivity index (χ2n) is 5.88. The summed E-state index contributed by atoms with van der Waals surface area (Å²) in [5, 5.41) is 11.5. The minimum Gasteiger partial charge on any atom is -0.469 e. The van der Waals surface area contributed by atoms with Gasteiger partial charge in [0.25, 0.3) is 0 Å². The van der Waals surface area contributed by atoms with Crippen LogP contribution in [0.3, 0.4) is 0 Å². The fourth-order valence-electron chi connectivity index (χ4n) is 2.62. The highest BCUT2D eigenvalue weighted by atomic mass is 35.5. The average Bonchev–Trinajstić information content (AvgIpc) is 3.06. The van der Waals surface area contributed by atoms with E-state index in [4.69, 9.17) is 11.1 Å². The maximum absolute atomic E-state index is 12.4. The van der Waals surface area contributed by atoms with Gasteiger partial charge in [-0.2, -0.15) is 9.78 Å². The average molecular weight is 402 g/mol. The first kappa shape index (κ1) is 20.9. The van der Waals surface area contributed by atoms with Crippen molar-refractivity contribution in [2.45, 2.75) is 13.0 Å². The van der Waals surface area contributed by atoms with Crippen molar-refractivity contribution in [1.82, 2.24) is 14.3 Å². The lowest BCUT2D eigenvalue weighted by Gasteiger charge is -2.05. The van der Waals surface area contributed by atoms with E-state index in [1.165, 1.54) is 22.7 Å². The van der Waals surface area contributed by atoms with E-state index in [0.29, 0.717) is 11.3 Å². The largest absolute Gasteiger partial charge is 0.469 e. The van der Waals surface area contributed by atoms with E-state index in [0.717, 1.165) is 11.1 Å². The van der Waals surface area contributed by atoms with Gasteiger partial charge in [0.2, 0.25) is 0 Å². The molecule has 0 atom stereocenters. The van der Waals surface area contributed by atoms with Crippen LogP contribution in [0.25, 0.3) is 16.8 Å². The van der Waals surface area contributed by atoms with Crippen molar-refractivity contribution >= 4 is 24.2 Å². The van der Waals surface area contributed by atoms with Crippen LogP contribution in [0.4, 0.5) is 0 Å². The summed E-state index contributed by atoms with van der Waals surface area (Å²) >= 11 is 0. The number of rotatable bonds is 6. The van der Waals surface area contributed by atoms with Gasteiger partial charge in [-0.05, 0) is 23.3 Å². The van der Waals surface area contributed by atoms with Gasteiger partial charge in [0.05, 0.1) is 19.2 Å². The number of nitrogens with zero attached hydrogens (tertiary/aromatic N) is 3. The number of carbonyl (C=O) groups excluding carboxylic acids is 1. The summed E-state index contributed by atoms with van der Waals surface area (Å²) in [5.41, 5.74) is 8.37. The number of amidine groups is 1. The van der Waals surface area contributed by atoms with Crippen LogP contribution in [-0.2, 0) is 16.1 Å². The van der Waals surface area contributed by atoms with Crippen molar-refractivity contribution in [3.05, 3.63) is 70.9 Å². The topological polar surface area (TPSA) is 116 Å². The Bertz CT molecular complexity index is 1020. The molecule has 1 heterocycles. The van der Waals surface area contributed by atoms with Crippen molar-refractivity contribution in [3.8, 4) is 16.8 Å². The highest BCUT2D eigenvalue weighted by Crippen LogP contribution is 2.21. The van der Waals surface area contributed by atoms with Crippen LogP contribution < -0.4 is 11.4 Å². The third-order valence-corrected chi connectivity index (χ3v) is 4.16. The smallest absolute Gasteiger partial charge is 0.350 e. The van der Waals surface area contributed by atoms with Gasteiger partial charge in [-0.3, -0.25) is 14.8 Å². The van der Waals surface area contributed by atoms with E-state index >= 15 is 0 Å². The van der Waals surface area contributed by atoms with Crippen LogP contribution in [-0.4, -0.2) is 33.3 Å². The Kier molecular flexibility index (Phi) is 6.73. The van der Waals surface area contributed by atoms with E-state index in [1.54, 1.807) is 24.3 Å². The van der Waals surface area contributed by atoms with E-state index in [1.807, 2.05) is 24.3 Å². The van der Waals surface area contributed by atoms with Gasteiger partial charge >= 0.3 is 11.7 Å². The summed E-state index contributed by atoms with van der Waals surface area (Å²) in [6, 6.07) is 14.7. The van der Waals surface area contributed by atoms with Crippen LogP contribution in [0.2, 0.25) is 0 Å². The van der Waals surface area contributed by atoms with E-state index in [9.17, 15) is 9.59 Å². The van der Waals surface area contributed by atoms with Crippen molar-refractivity contribution in [2.24, 2.45) is 5.73 Å². The van der Waals surface area contributed by atoms with Crippen LogP contribution in [0, 0.1) is 5.41 Å². The molecule has 0 radical (unpaired) electrons. The number of hydrogen-bond acceptors (Lipinski definition) is 5. The number of carbonyl (C=O) groups is 1. The van der Waals surface area contributed by atoms with Gasteiger partial charge < -0.3 is 10.5 Å². The molecule has 0 aliphatic heterocycles. The van der Waals surface area contributed by atoms with Gasteiger partial charge in [0, 0.05) is 12.1 Å². The Morgan fingerprint density at radius 2 is 1.68 bits per heavy atom. The molecule has 3 N–H and O–H groups in total. The molecule has 1 aromatic heterocycles. The minimum absolute atomic E-state index is 0. The molecule has 146 valence electrons. The lowest BCUT2D eigenvalue weighted by molar-refractivity contribution is -0.140. The molecule has 0 fully saturated rings. The van der Waals surface area contributed by atoms with Crippen LogP contribution in [0.1, 0.15) is 12.0 Å². The maximum atomic E-state index is 12.4. The first-order valence-corrected chi connectivity index (χ1v) is 8.26. The summed E-state index contributed by atoms with van der Waals surface area (Å²) in [6.07, 6.45) is 1.51. The third-order valence-electron chi connectivity index (χ3n) is 4.16. The first-order chi connectivity index (χ1) is 13.0. The molecule has 0 saturated heterocycles. The standard InChI is InChI=1S/C19H19N5O3.ClH/c1-27-17(25)10-11-23-12-22-24(19(23)26)16-8-6-14(7-9-16)13-2-4-15(5-3-13)18(20)21;/h2-9,12H,10-11H2,1H3,(H3,20,21);1H. The van der Waals surface area contributed by atoms with Gasteiger partial charge in [-0.25, -0.2) is 4.79 Å². The number of nitrogens with two attached hydrogens (primary N) is 1. The van der Waals surface area contributed by atoms with Crippen molar-refractivity contribution < 1.29 is 9.53 Å². The molecule has 0 aliphatic rings. The maximum Gasteiger partial charge on any atom is 0.350 e. The minimum atomic E-state index is -0.380. The van der Waals surface area contributed by atoms with Gasteiger partial charge in [-0.1, -0.05) is 36.4 Å². The van der Waals surface area contributed by atoms with Crippen molar-refractivity contribution in [2.75, 3.05) is 7.11 Å². The predicted octanol–water partition coefficient (Wildman–Crippen LogP) is 1.97. The Morgan fingerprint density at radius 1 is 1.11 bits per heavy atom. The molecular formula is C19H20ClN5O3. The lowest BCUT2D eigenvalue weighted by Crippen LogP contribution is -2.24. The monoisotopic (exact) mass is 401 g/mol. The molecule has 0 aliphatic carbocycles. The number of halogens is 1. The molecule has 2 aromatic carbocycles. The number of hydrogen-bond donors (Lipinski definition) is 2. The van der Waals surface area contributed by atoms with Gasteiger partial charge in [0.1, 0.15) is 12.2 Å². The molecule has 9 heteroatoms. The lowest BCUT2D eigenvalue weighted by atomic mass is 10.0. The molecule has 3 rings (SSSR count). The number of ether oxygens (including phenoxy) is 1.